The number of nitro benzene ring substituents is 1. The molecule has 0 aliphatic heterocycles. The number of hydrogen-bond donors (Lipinski definition) is 1. The minimum atomic E-state index is -0.500. The van der Waals surface area contributed by atoms with Crippen LogP contribution in [0.2, 0.25) is 0 Å². The molecule has 0 spiro atoms. The van der Waals surface area contributed by atoms with Crippen molar-refractivity contribution < 1.29 is 10.0 Å². The lowest BCUT2D eigenvalue weighted by atomic mass is 10.3. The first-order chi connectivity index (χ1) is 7.63. The Morgan fingerprint density at radius 3 is 2.88 bits per heavy atom. The van der Waals surface area contributed by atoms with E-state index >= 15 is 0 Å². The van der Waals surface area contributed by atoms with Crippen LogP contribution in [-0.4, -0.2) is 21.2 Å². The van der Waals surface area contributed by atoms with Gasteiger partial charge in [-0.25, -0.2) is 0 Å². The number of fused-ring (bicyclic) bond motifs is 1. The molecule has 0 bridgehead atoms. The zero-order valence-corrected chi connectivity index (χ0v) is 8.94. The molecule has 0 aliphatic carbocycles. The molecule has 0 aliphatic rings. The summed E-state index contributed by atoms with van der Waals surface area (Å²) in [6, 6.07) is 4.25. The zero-order valence-electron chi connectivity index (χ0n) is 8.12. The molecule has 0 amide bonds. The van der Waals surface area contributed by atoms with Crippen LogP contribution in [0.3, 0.4) is 0 Å². The highest BCUT2D eigenvalue weighted by atomic mass is 32.1. The van der Waals surface area contributed by atoms with Crippen LogP contribution in [0.1, 0.15) is 0 Å². The van der Waals surface area contributed by atoms with E-state index in [2.05, 4.69) is 0 Å². The van der Waals surface area contributed by atoms with Gasteiger partial charge in [-0.05, 0) is 6.07 Å². The minimum absolute atomic E-state index is 0.0371. The lowest BCUT2D eigenvalue weighted by Crippen LogP contribution is -2.14. The fraction of sp³-hybridized carbons (Fsp3) is 0.222. The molecule has 1 heterocycles. The minimum Gasteiger partial charge on any atom is -0.395 e. The Morgan fingerprint density at radius 1 is 1.50 bits per heavy atom. The number of non-ortho nitro benzene ring substituents is 1. The third kappa shape index (κ3) is 1.70. The molecule has 1 aromatic carbocycles. The standard InChI is InChI=1S/C9H8N2O4S/c12-4-3-10-7-2-1-6(11(14)15)5-8(7)16-9(10)13/h1-2,5,12H,3-4H2. The first-order valence-corrected chi connectivity index (χ1v) is 5.34. The van der Waals surface area contributed by atoms with Gasteiger partial charge in [0.2, 0.25) is 0 Å². The first kappa shape index (κ1) is 10.8. The van der Waals surface area contributed by atoms with Crippen LogP contribution in [0.15, 0.2) is 23.0 Å². The van der Waals surface area contributed by atoms with Gasteiger partial charge < -0.3 is 5.11 Å². The quantitative estimate of drug-likeness (QED) is 0.639. The Kier molecular flexibility index (Phi) is 2.71. The van der Waals surface area contributed by atoms with Crippen molar-refractivity contribution in [3.63, 3.8) is 0 Å². The van der Waals surface area contributed by atoms with Gasteiger partial charge >= 0.3 is 4.87 Å². The Bertz CT molecular complexity index is 601. The van der Waals surface area contributed by atoms with Crippen LogP contribution < -0.4 is 4.87 Å². The van der Waals surface area contributed by atoms with Crippen molar-refractivity contribution in [2.24, 2.45) is 0 Å². The average Bonchev–Trinajstić information content (AvgIpc) is 2.55. The van der Waals surface area contributed by atoms with Crippen molar-refractivity contribution in [3.8, 4) is 0 Å². The molecular weight excluding hydrogens is 232 g/mol. The summed E-state index contributed by atoms with van der Waals surface area (Å²) >= 11 is 0.942. The van der Waals surface area contributed by atoms with Gasteiger partial charge in [0.1, 0.15) is 0 Å². The molecule has 2 rings (SSSR count). The summed E-state index contributed by atoms with van der Waals surface area (Å²) in [6.07, 6.45) is 0. The summed E-state index contributed by atoms with van der Waals surface area (Å²) in [7, 11) is 0. The number of hydrogen-bond acceptors (Lipinski definition) is 5. The van der Waals surface area contributed by atoms with E-state index in [9.17, 15) is 14.9 Å². The molecule has 0 radical (unpaired) electrons. The van der Waals surface area contributed by atoms with Crippen molar-refractivity contribution in [3.05, 3.63) is 38.0 Å². The molecule has 7 heteroatoms. The van der Waals surface area contributed by atoms with Gasteiger partial charge in [-0.3, -0.25) is 19.5 Å². The van der Waals surface area contributed by atoms with Crippen LogP contribution in [0.5, 0.6) is 0 Å². The molecule has 16 heavy (non-hydrogen) atoms. The second-order valence-electron chi connectivity index (χ2n) is 3.15. The number of nitro groups is 1. The van der Waals surface area contributed by atoms with Gasteiger partial charge in [0.25, 0.3) is 5.69 Å². The second-order valence-corrected chi connectivity index (χ2v) is 4.15. The normalized spacial score (nSPS) is 10.8. The molecule has 84 valence electrons. The molecular formula is C9H8N2O4S. The van der Waals surface area contributed by atoms with E-state index in [1.165, 1.54) is 22.8 Å². The maximum atomic E-state index is 11.5. The third-order valence-electron chi connectivity index (χ3n) is 2.19. The summed E-state index contributed by atoms with van der Waals surface area (Å²) in [5.41, 5.74) is 0.583. The maximum absolute atomic E-state index is 11.5. The number of aromatic nitrogens is 1. The Morgan fingerprint density at radius 2 is 2.25 bits per heavy atom. The van der Waals surface area contributed by atoms with E-state index in [1.54, 1.807) is 0 Å². The van der Waals surface area contributed by atoms with Crippen LogP contribution >= 0.6 is 11.3 Å². The Balaban J connectivity index is 2.65. The van der Waals surface area contributed by atoms with E-state index in [0.29, 0.717) is 10.2 Å². The largest absolute Gasteiger partial charge is 0.395 e. The summed E-state index contributed by atoms with van der Waals surface area (Å²) < 4.78 is 1.97. The summed E-state index contributed by atoms with van der Waals surface area (Å²) in [6.45, 7) is 0.0688. The number of thiazole rings is 1. The van der Waals surface area contributed by atoms with Crippen LogP contribution in [0, 0.1) is 10.1 Å². The highest BCUT2D eigenvalue weighted by Crippen LogP contribution is 2.22. The highest BCUT2D eigenvalue weighted by molar-refractivity contribution is 7.16. The van der Waals surface area contributed by atoms with Gasteiger partial charge in [0.05, 0.1) is 28.3 Å². The fourth-order valence-corrected chi connectivity index (χ4v) is 2.43. The molecule has 0 fully saturated rings. The van der Waals surface area contributed by atoms with Crippen molar-refractivity contribution in [1.82, 2.24) is 4.57 Å². The predicted molar refractivity (Wildman–Crippen MR) is 59.8 cm³/mol. The summed E-state index contributed by atoms with van der Waals surface area (Å²) in [5.74, 6) is 0. The van der Waals surface area contributed by atoms with Gasteiger partial charge in [-0.2, -0.15) is 0 Å². The van der Waals surface area contributed by atoms with Crippen molar-refractivity contribution in [2.75, 3.05) is 6.61 Å². The van der Waals surface area contributed by atoms with Crippen LogP contribution in [-0.2, 0) is 6.54 Å². The van der Waals surface area contributed by atoms with E-state index in [1.807, 2.05) is 0 Å². The topological polar surface area (TPSA) is 85.4 Å². The molecule has 6 nitrogen and oxygen atoms in total. The lowest BCUT2D eigenvalue weighted by Gasteiger charge is -1.99. The molecule has 2 aromatic rings. The molecule has 1 N–H and O–H groups in total. The summed E-state index contributed by atoms with van der Waals surface area (Å²) in [4.78, 5) is 21.3. The third-order valence-corrected chi connectivity index (χ3v) is 3.13. The SMILES string of the molecule is O=c1sc2cc([N+](=O)[O-])ccc2n1CCO. The highest BCUT2D eigenvalue weighted by Gasteiger charge is 2.11. The molecule has 0 saturated carbocycles. The Labute approximate surface area is 93.5 Å². The monoisotopic (exact) mass is 240 g/mol. The molecule has 0 saturated heterocycles. The second kappa shape index (κ2) is 4.03. The number of aliphatic hydroxyl groups excluding tert-OH is 1. The van der Waals surface area contributed by atoms with E-state index < -0.39 is 4.92 Å². The Hall–Kier alpha value is -1.73. The number of aliphatic hydroxyl groups is 1. The van der Waals surface area contributed by atoms with Gasteiger partial charge in [0, 0.05) is 12.1 Å². The maximum Gasteiger partial charge on any atom is 0.308 e. The van der Waals surface area contributed by atoms with E-state index in [0.717, 1.165) is 11.3 Å². The number of rotatable bonds is 3. The van der Waals surface area contributed by atoms with Crippen molar-refractivity contribution in [2.45, 2.75) is 6.54 Å². The van der Waals surface area contributed by atoms with E-state index in [-0.39, 0.29) is 23.7 Å². The van der Waals surface area contributed by atoms with Gasteiger partial charge in [-0.15, -0.1) is 0 Å². The summed E-state index contributed by atoms with van der Waals surface area (Å²) in [5, 5.41) is 19.3. The molecule has 0 unspecified atom stereocenters. The smallest absolute Gasteiger partial charge is 0.308 e. The van der Waals surface area contributed by atoms with Gasteiger partial charge in [-0.1, -0.05) is 11.3 Å². The molecule has 0 atom stereocenters. The average molecular weight is 240 g/mol. The van der Waals surface area contributed by atoms with Crippen molar-refractivity contribution >= 4 is 27.2 Å². The van der Waals surface area contributed by atoms with E-state index in [4.69, 9.17) is 5.11 Å². The van der Waals surface area contributed by atoms with Crippen LogP contribution in [0.25, 0.3) is 10.2 Å². The number of benzene rings is 1. The first-order valence-electron chi connectivity index (χ1n) is 4.52. The van der Waals surface area contributed by atoms with Crippen molar-refractivity contribution in [1.29, 1.82) is 0 Å². The lowest BCUT2D eigenvalue weighted by molar-refractivity contribution is -0.384. The fourth-order valence-electron chi connectivity index (χ4n) is 1.48. The van der Waals surface area contributed by atoms with Gasteiger partial charge in [0.15, 0.2) is 0 Å². The predicted octanol–water partition coefficient (Wildman–Crippen LogP) is 0.963. The number of nitrogens with zero attached hydrogens (tertiary/aromatic N) is 2. The van der Waals surface area contributed by atoms with Crippen LogP contribution in [0.4, 0.5) is 5.69 Å². The zero-order chi connectivity index (χ0) is 11.7. The molecule has 1 aromatic heterocycles.